The molecule has 2 atom stereocenters. The van der Waals surface area contributed by atoms with Crippen molar-refractivity contribution < 1.29 is 8.42 Å². The van der Waals surface area contributed by atoms with Crippen molar-refractivity contribution in [1.82, 2.24) is 4.31 Å². The van der Waals surface area contributed by atoms with Gasteiger partial charge in [-0.3, -0.25) is 0 Å². The molecule has 1 fully saturated rings. The largest absolute Gasteiger partial charge is 0.326 e. The van der Waals surface area contributed by atoms with Gasteiger partial charge in [0.25, 0.3) is 10.0 Å². The molecule has 1 aromatic rings. The molecule has 0 bridgehead atoms. The first-order valence-electron chi connectivity index (χ1n) is 6.37. The number of nitrogens with zero attached hydrogens (tertiary/aromatic N) is 1. The summed E-state index contributed by atoms with van der Waals surface area (Å²) in [5.41, 5.74) is 6.74. The summed E-state index contributed by atoms with van der Waals surface area (Å²) in [6.45, 7) is 4.23. The summed E-state index contributed by atoms with van der Waals surface area (Å²) in [7, 11) is -3.47. The number of thiophene rings is 1. The van der Waals surface area contributed by atoms with Gasteiger partial charge < -0.3 is 5.73 Å². The average molecular weight is 359 g/mol. The SMILES string of the molecule is Cc1cc(S(=O)(=O)N2CCCCC2C(C)N)sc1Cl.Cl. The third-order valence-electron chi connectivity index (χ3n) is 3.50. The van der Waals surface area contributed by atoms with Gasteiger partial charge >= 0.3 is 0 Å². The van der Waals surface area contributed by atoms with Crippen molar-refractivity contribution >= 4 is 45.4 Å². The zero-order valence-corrected chi connectivity index (χ0v) is 14.7. The number of piperidine rings is 1. The van der Waals surface area contributed by atoms with Crippen molar-refractivity contribution in [3.05, 3.63) is 16.0 Å². The second kappa shape index (κ2) is 6.94. The van der Waals surface area contributed by atoms with Gasteiger partial charge in [0.2, 0.25) is 0 Å². The quantitative estimate of drug-likeness (QED) is 0.902. The standard InChI is InChI=1S/C12H19ClN2O2S2.ClH/c1-8-7-11(18-12(8)13)19(16,17)15-6-4-3-5-10(15)9(2)14;/h7,9-10H,3-6,14H2,1-2H3;1H. The summed E-state index contributed by atoms with van der Waals surface area (Å²) in [4.78, 5) is 0. The Morgan fingerprint density at radius 3 is 2.65 bits per heavy atom. The number of sulfonamides is 1. The normalized spacial score (nSPS) is 22.3. The van der Waals surface area contributed by atoms with E-state index in [0.29, 0.717) is 15.1 Å². The highest BCUT2D eigenvalue weighted by Gasteiger charge is 2.36. The number of rotatable bonds is 3. The van der Waals surface area contributed by atoms with Crippen LogP contribution in [-0.2, 0) is 10.0 Å². The predicted molar refractivity (Wildman–Crippen MR) is 86.5 cm³/mol. The van der Waals surface area contributed by atoms with Gasteiger partial charge in [0.1, 0.15) is 4.21 Å². The number of hydrogen-bond acceptors (Lipinski definition) is 4. The summed E-state index contributed by atoms with van der Waals surface area (Å²) in [6.07, 6.45) is 2.75. The predicted octanol–water partition coefficient (Wildman–Crippen LogP) is 3.02. The van der Waals surface area contributed by atoms with Crippen LogP contribution in [0, 0.1) is 6.92 Å². The van der Waals surface area contributed by atoms with E-state index in [4.69, 9.17) is 17.3 Å². The second-order valence-electron chi connectivity index (χ2n) is 5.06. The molecule has 1 aliphatic rings. The first kappa shape index (κ1) is 18.2. The zero-order chi connectivity index (χ0) is 14.2. The monoisotopic (exact) mass is 358 g/mol. The fourth-order valence-electron chi connectivity index (χ4n) is 2.43. The summed E-state index contributed by atoms with van der Waals surface area (Å²) < 4.78 is 27.8. The van der Waals surface area contributed by atoms with Gasteiger partial charge in [-0.1, -0.05) is 18.0 Å². The van der Waals surface area contributed by atoms with Crippen molar-refractivity contribution in [3.63, 3.8) is 0 Å². The third kappa shape index (κ3) is 3.48. The molecule has 0 saturated carbocycles. The van der Waals surface area contributed by atoms with Crippen LogP contribution in [0.5, 0.6) is 0 Å². The fraction of sp³-hybridized carbons (Fsp3) is 0.667. The lowest BCUT2D eigenvalue weighted by Gasteiger charge is -2.36. The average Bonchev–Trinajstić information content (AvgIpc) is 2.70. The van der Waals surface area contributed by atoms with Crippen LogP contribution in [-0.4, -0.2) is 31.4 Å². The molecule has 0 aliphatic carbocycles. The molecule has 1 aliphatic heterocycles. The van der Waals surface area contributed by atoms with E-state index in [9.17, 15) is 8.42 Å². The molecule has 4 nitrogen and oxygen atoms in total. The van der Waals surface area contributed by atoms with Gasteiger partial charge in [-0.15, -0.1) is 23.7 Å². The molecule has 20 heavy (non-hydrogen) atoms. The van der Waals surface area contributed by atoms with E-state index < -0.39 is 10.0 Å². The van der Waals surface area contributed by atoms with E-state index in [1.807, 2.05) is 13.8 Å². The lowest BCUT2D eigenvalue weighted by atomic mass is 10.00. The van der Waals surface area contributed by atoms with Crippen LogP contribution in [0.25, 0.3) is 0 Å². The molecule has 0 radical (unpaired) electrons. The molecular weight excluding hydrogens is 339 g/mol. The fourth-order valence-corrected chi connectivity index (χ4v) is 6.04. The highest BCUT2D eigenvalue weighted by molar-refractivity contribution is 7.91. The first-order valence-corrected chi connectivity index (χ1v) is 9.01. The molecule has 1 saturated heterocycles. The Labute approximate surface area is 135 Å². The first-order chi connectivity index (χ1) is 8.84. The maximum Gasteiger partial charge on any atom is 0.252 e. The van der Waals surface area contributed by atoms with Crippen molar-refractivity contribution in [3.8, 4) is 0 Å². The minimum absolute atomic E-state index is 0. The van der Waals surface area contributed by atoms with E-state index in [1.54, 1.807) is 10.4 Å². The summed E-state index contributed by atoms with van der Waals surface area (Å²) >= 11 is 7.11. The minimum Gasteiger partial charge on any atom is -0.326 e. The minimum atomic E-state index is -3.47. The van der Waals surface area contributed by atoms with Gasteiger partial charge in [0.15, 0.2) is 0 Å². The molecule has 0 spiro atoms. The van der Waals surface area contributed by atoms with Crippen LogP contribution >= 0.6 is 35.3 Å². The molecule has 2 unspecified atom stereocenters. The molecule has 116 valence electrons. The van der Waals surface area contributed by atoms with Gasteiger partial charge in [0, 0.05) is 18.6 Å². The Kier molecular flexibility index (Phi) is 6.32. The van der Waals surface area contributed by atoms with Crippen LogP contribution in [0.15, 0.2) is 10.3 Å². The van der Waals surface area contributed by atoms with Crippen LogP contribution in [0.1, 0.15) is 31.7 Å². The topological polar surface area (TPSA) is 63.4 Å². The summed E-state index contributed by atoms with van der Waals surface area (Å²) in [6, 6.07) is 1.38. The molecule has 0 amide bonds. The number of nitrogens with two attached hydrogens (primary N) is 1. The molecule has 2 heterocycles. The van der Waals surface area contributed by atoms with Crippen LogP contribution in [0.2, 0.25) is 4.34 Å². The molecule has 0 aromatic carbocycles. The van der Waals surface area contributed by atoms with Gasteiger partial charge in [-0.25, -0.2) is 8.42 Å². The molecule has 1 aromatic heterocycles. The molecule has 8 heteroatoms. The van der Waals surface area contributed by atoms with Crippen LogP contribution in [0.4, 0.5) is 0 Å². The number of halogens is 2. The van der Waals surface area contributed by atoms with Crippen molar-refractivity contribution in [2.75, 3.05) is 6.54 Å². The highest BCUT2D eigenvalue weighted by Crippen LogP contribution is 2.34. The van der Waals surface area contributed by atoms with Crippen molar-refractivity contribution in [2.45, 2.75) is 49.4 Å². The van der Waals surface area contributed by atoms with E-state index in [-0.39, 0.29) is 24.5 Å². The summed E-state index contributed by atoms with van der Waals surface area (Å²) in [5, 5.41) is 0. The molecule has 2 N–H and O–H groups in total. The van der Waals surface area contributed by atoms with E-state index >= 15 is 0 Å². The Morgan fingerprint density at radius 2 is 2.15 bits per heavy atom. The van der Waals surface area contributed by atoms with Crippen LogP contribution < -0.4 is 5.73 Å². The van der Waals surface area contributed by atoms with E-state index in [2.05, 4.69) is 0 Å². The second-order valence-corrected chi connectivity index (χ2v) is 8.83. The van der Waals surface area contributed by atoms with Crippen molar-refractivity contribution in [2.24, 2.45) is 5.73 Å². The Balaban J connectivity index is 0.00000200. The molecule has 2 rings (SSSR count). The summed E-state index contributed by atoms with van der Waals surface area (Å²) in [5.74, 6) is 0. The lowest BCUT2D eigenvalue weighted by molar-refractivity contribution is 0.227. The van der Waals surface area contributed by atoms with Gasteiger partial charge in [-0.2, -0.15) is 4.31 Å². The Bertz CT molecular complexity index is 538. The van der Waals surface area contributed by atoms with Gasteiger partial charge in [0.05, 0.1) is 4.34 Å². The van der Waals surface area contributed by atoms with E-state index in [0.717, 1.165) is 36.2 Å². The maximum absolute atomic E-state index is 12.7. The van der Waals surface area contributed by atoms with Crippen LogP contribution in [0.3, 0.4) is 0 Å². The smallest absolute Gasteiger partial charge is 0.252 e. The van der Waals surface area contributed by atoms with Crippen molar-refractivity contribution in [1.29, 1.82) is 0 Å². The third-order valence-corrected chi connectivity index (χ3v) is 7.43. The zero-order valence-electron chi connectivity index (χ0n) is 11.5. The maximum atomic E-state index is 12.7. The number of aryl methyl sites for hydroxylation is 1. The Morgan fingerprint density at radius 1 is 1.50 bits per heavy atom. The highest BCUT2D eigenvalue weighted by atomic mass is 35.5. The number of hydrogen-bond donors (Lipinski definition) is 1. The Hall–Kier alpha value is 0.150. The molecular formula is C12H20Cl2N2O2S2. The van der Waals surface area contributed by atoms with E-state index in [1.165, 1.54) is 0 Å². The lowest BCUT2D eigenvalue weighted by Crippen LogP contribution is -2.51. The van der Waals surface area contributed by atoms with Gasteiger partial charge in [-0.05, 0) is 38.3 Å².